The Bertz CT molecular complexity index is 870. The number of rotatable bonds is 6. The Labute approximate surface area is 153 Å². The Morgan fingerprint density at radius 2 is 2.20 bits per heavy atom. The number of amides is 1. The lowest BCUT2D eigenvalue weighted by atomic mass is 10.3. The summed E-state index contributed by atoms with van der Waals surface area (Å²) in [7, 11) is 1.81. The second-order valence-electron chi connectivity index (χ2n) is 6.17. The van der Waals surface area contributed by atoms with Crippen LogP contribution < -0.4 is 0 Å². The Morgan fingerprint density at radius 3 is 2.96 bits per heavy atom. The molecule has 25 heavy (non-hydrogen) atoms. The molecule has 1 saturated carbocycles. The van der Waals surface area contributed by atoms with Crippen LogP contribution in [0.25, 0.3) is 10.2 Å². The molecule has 8 heteroatoms. The number of fused-ring (bicyclic) bond motifs is 1. The van der Waals surface area contributed by atoms with E-state index in [-0.39, 0.29) is 17.7 Å². The van der Waals surface area contributed by atoms with Crippen molar-refractivity contribution in [2.24, 2.45) is 0 Å². The van der Waals surface area contributed by atoms with Crippen molar-refractivity contribution in [3.05, 3.63) is 35.2 Å². The van der Waals surface area contributed by atoms with Gasteiger partial charge in [-0.25, -0.2) is 4.98 Å². The van der Waals surface area contributed by atoms with E-state index >= 15 is 0 Å². The van der Waals surface area contributed by atoms with Crippen LogP contribution in [0.4, 0.5) is 0 Å². The summed E-state index contributed by atoms with van der Waals surface area (Å²) in [6, 6.07) is 7.94. The first-order valence-electron chi connectivity index (χ1n) is 8.19. The summed E-state index contributed by atoms with van der Waals surface area (Å²) in [5.74, 6) is 1.42. The molecule has 130 valence electrons. The van der Waals surface area contributed by atoms with Gasteiger partial charge >= 0.3 is 0 Å². The third-order valence-electron chi connectivity index (χ3n) is 4.31. The van der Waals surface area contributed by atoms with Crippen molar-refractivity contribution in [3.63, 3.8) is 0 Å². The van der Waals surface area contributed by atoms with Crippen molar-refractivity contribution in [2.75, 3.05) is 12.8 Å². The highest BCUT2D eigenvalue weighted by atomic mass is 32.2. The zero-order valence-electron chi connectivity index (χ0n) is 14.0. The predicted molar refractivity (Wildman–Crippen MR) is 97.8 cm³/mol. The number of hydrogen-bond donors (Lipinski definition) is 0. The van der Waals surface area contributed by atoms with Crippen LogP contribution in [0, 0.1) is 0 Å². The van der Waals surface area contributed by atoms with Crippen molar-refractivity contribution in [2.45, 2.75) is 36.9 Å². The SMILES string of the molecule is CC(c1nc2ccccc2s1)N(C)C(=O)CSc1nnc(C2CC2)o1. The zero-order valence-corrected chi connectivity index (χ0v) is 15.6. The van der Waals surface area contributed by atoms with E-state index in [1.807, 2.05) is 38.2 Å². The number of thiazole rings is 1. The second kappa shape index (κ2) is 6.76. The highest BCUT2D eigenvalue weighted by Gasteiger charge is 2.29. The standard InChI is InChI=1S/C17H18N4O2S2/c1-10(16-18-12-5-3-4-6-13(12)25-16)21(2)14(22)9-24-17-20-19-15(23-17)11-7-8-11/h3-6,10-11H,7-9H2,1-2H3. The molecule has 1 aliphatic carbocycles. The molecule has 0 N–H and O–H groups in total. The monoisotopic (exact) mass is 374 g/mol. The van der Waals surface area contributed by atoms with Crippen molar-refractivity contribution in [3.8, 4) is 0 Å². The molecule has 0 bridgehead atoms. The van der Waals surface area contributed by atoms with E-state index in [1.54, 1.807) is 16.2 Å². The lowest BCUT2D eigenvalue weighted by molar-refractivity contribution is -0.128. The highest BCUT2D eigenvalue weighted by Crippen LogP contribution is 2.39. The Balaban J connectivity index is 1.38. The van der Waals surface area contributed by atoms with Gasteiger partial charge in [-0.15, -0.1) is 21.5 Å². The highest BCUT2D eigenvalue weighted by molar-refractivity contribution is 7.99. The lowest BCUT2D eigenvalue weighted by Gasteiger charge is -2.22. The summed E-state index contributed by atoms with van der Waals surface area (Å²) >= 11 is 2.92. The van der Waals surface area contributed by atoms with Crippen LogP contribution in [-0.2, 0) is 4.79 Å². The number of thioether (sulfide) groups is 1. The van der Waals surface area contributed by atoms with Crippen molar-refractivity contribution in [1.82, 2.24) is 20.1 Å². The van der Waals surface area contributed by atoms with Gasteiger partial charge in [0, 0.05) is 13.0 Å². The van der Waals surface area contributed by atoms with Gasteiger partial charge in [0.15, 0.2) is 0 Å². The number of carbonyl (C=O) groups excluding carboxylic acids is 1. The quantitative estimate of drug-likeness (QED) is 0.610. The first-order chi connectivity index (χ1) is 12.1. The smallest absolute Gasteiger partial charge is 0.277 e. The van der Waals surface area contributed by atoms with Crippen LogP contribution in [0.5, 0.6) is 0 Å². The van der Waals surface area contributed by atoms with Gasteiger partial charge in [0.25, 0.3) is 5.22 Å². The fourth-order valence-electron chi connectivity index (χ4n) is 2.45. The van der Waals surface area contributed by atoms with Crippen molar-refractivity contribution in [1.29, 1.82) is 0 Å². The molecule has 0 aliphatic heterocycles. The maximum atomic E-state index is 12.5. The molecule has 6 nitrogen and oxygen atoms in total. The minimum Gasteiger partial charge on any atom is -0.416 e. The van der Waals surface area contributed by atoms with Crippen LogP contribution in [0.1, 0.15) is 42.6 Å². The molecule has 0 radical (unpaired) electrons. The maximum absolute atomic E-state index is 12.5. The summed E-state index contributed by atoms with van der Waals surface area (Å²) in [6.45, 7) is 2.00. The summed E-state index contributed by atoms with van der Waals surface area (Å²) in [5.41, 5.74) is 0.975. The molecule has 1 atom stereocenters. The molecular weight excluding hydrogens is 356 g/mol. The molecule has 4 rings (SSSR count). The molecule has 2 heterocycles. The lowest BCUT2D eigenvalue weighted by Crippen LogP contribution is -2.31. The average molecular weight is 374 g/mol. The number of benzene rings is 1. The van der Waals surface area contributed by atoms with Crippen LogP contribution in [0.3, 0.4) is 0 Å². The summed E-state index contributed by atoms with van der Waals surface area (Å²) < 4.78 is 6.72. The molecule has 2 aromatic heterocycles. The first kappa shape index (κ1) is 16.5. The van der Waals surface area contributed by atoms with Crippen LogP contribution >= 0.6 is 23.1 Å². The van der Waals surface area contributed by atoms with Gasteiger partial charge in [0.05, 0.1) is 22.0 Å². The molecule has 1 aromatic carbocycles. The van der Waals surface area contributed by atoms with E-state index in [1.165, 1.54) is 11.8 Å². The van der Waals surface area contributed by atoms with Gasteiger partial charge in [-0.3, -0.25) is 4.79 Å². The molecule has 1 fully saturated rings. The van der Waals surface area contributed by atoms with E-state index < -0.39 is 0 Å². The number of hydrogen-bond acceptors (Lipinski definition) is 7. The topological polar surface area (TPSA) is 72.1 Å². The largest absolute Gasteiger partial charge is 0.416 e. The number of nitrogens with zero attached hydrogens (tertiary/aromatic N) is 4. The molecule has 1 unspecified atom stereocenters. The van der Waals surface area contributed by atoms with E-state index in [0.29, 0.717) is 17.0 Å². The minimum atomic E-state index is -0.0739. The van der Waals surface area contributed by atoms with Gasteiger partial charge in [-0.05, 0) is 31.9 Å². The van der Waals surface area contributed by atoms with Crippen LogP contribution in [0.15, 0.2) is 33.9 Å². The third kappa shape index (κ3) is 3.55. The normalized spacial score (nSPS) is 15.4. The fraction of sp³-hybridized carbons (Fsp3) is 0.412. The third-order valence-corrected chi connectivity index (χ3v) is 6.32. The first-order valence-corrected chi connectivity index (χ1v) is 9.99. The molecule has 0 saturated heterocycles. The van der Waals surface area contributed by atoms with Gasteiger partial charge in [0.1, 0.15) is 5.01 Å². The summed E-state index contributed by atoms with van der Waals surface area (Å²) in [5, 5.41) is 9.45. The Hall–Kier alpha value is -1.93. The fourth-order valence-corrected chi connectivity index (χ4v) is 4.21. The molecule has 1 amide bonds. The average Bonchev–Trinajstić information content (AvgIpc) is 3.21. The molecule has 1 aliphatic rings. The van der Waals surface area contributed by atoms with E-state index in [0.717, 1.165) is 28.1 Å². The number of aromatic nitrogens is 3. The van der Waals surface area contributed by atoms with E-state index in [2.05, 4.69) is 15.2 Å². The van der Waals surface area contributed by atoms with E-state index in [4.69, 9.17) is 4.42 Å². The van der Waals surface area contributed by atoms with Gasteiger partial charge in [0.2, 0.25) is 11.8 Å². The molecular formula is C17H18N4O2S2. The van der Waals surface area contributed by atoms with Gasteiger partial charge in [-0.2, -0.15) is 0 Å². The Kier molecular flexibility index (Phi) is 4.47. The maximum Gasteiger partial charge on any atom is 0.277 e. The second-order valence-corrected chi connectivity index (χ2v) is 8.16. The van der Waals surface area contributed by atoms with Gasteiger partial charge < -0.3 is 9.32 Å². The van der Waals surface area contributed by atoms with Gasteiger partial charge in [-0.1, -0.05) is 23.9 Å². The zero-order chi connectivity index (χ0) is 17.4. The summed E-state index contributed by atoms with van der Waals surface area (Å²) in [4.78, 5) is 18.9. The van der Waals surface area contributed by atoms with Crippen molar-refractivity contribution < 1.29 is 9.21 Å². The van der Waals surface area contributed by atoms with Crippen LogP contribution in [-0.4, -0.2) is 38.8 Å². The number of carbonyl (C=O) groups is 1. The van der Waals surface area contributed by atoms with Crippen molar-refractivity contribution >= 4 is 39.2 Å². The molecule has 3 aromatic rings. The Morgan fingerprint density at radius 1 is 1.40 bits per heavy atom. The number of para-hydroxylation sites is 1. The molecule has 0 spiro atoms. The predicted octanol–water partition coefficient (Wildman–Crippen LogP) is 3.87. The van der Waals surface area contributed by atoms with Crippen LogP contribution in [0.2, 0.25) is 0 Å². The summed E-state index contributed by atoms with van der Waals surface area (Å²) in [6.07, 6.45) is 2.24. The minimum absolute atomic E-state index is 0.0166. The van der Waals surface area contributed by atoms with E-state index in [9.17, 15) is 4.79 Å².